The van der Waals surface area contributed by atoms with Gasteiger partial charge in [0.15, 0.2) is 6.10 Å². The molecule has 1 saturated heterocycles. The van der Waals surface area contributed by atoms with Crippen molar-refractivity contribution in [3.63, 3.8) is 0 Å². The van der Waals surface area contributed by atoms with E-state index in [1.807, 2.05) is 6.07 Å². The Labute approximate surface area is 122 Å². The van der Waals surface area contributed by atoms with Gasteiger partial charge in [0.25, 0.3) is 0 Å². The van der Waals surface area contributed by atoms with Gasteiger partial charge in [-0.2, -0.15) is 9.57 Å². The molecule has 0 bridgehead atoms. The zero-order valence-electron chi connectivity index (χ0n) is 11.1. The van der Waals surface area contributed by atoms with Gasteiger partial charge >= 0.3 is 0 Å². The molecule has 1 aromatic heterocycles. The number of aromatic nitrogens is 1. The summed E-state index contributed by atoms with van der Waals surface area (Å²) in [5.74, 6) is 0. The second-order valence-corrected chi connectivity index (χ2v) is 6.58. The Morgan fingerprint density at radius 1 is 1.33 bits per heavy atom. The highest BCUT2D eigenvalue weighted by atomic mass is 32.2. The quantitative estimate of drug-likeness (QED) is 0.831. The first-order valence-corrected chi connectivity index (χ1v) is 7.92. The van der Waals surface area contributed by atoms with Gasteiger partial charge in [-0.15, -0.1) is 0 Å². The third kappa shape index (κ3) is 2.49. The molecule has 0 N–H and O–H groups in total. The third-order valence-corrected chi connectivity index (χ3v) is 5.32. The van der Waals surface area contributed by atoms with Crippen molar-refractivity contribution in [2.75, 3.05) is 19.7 Å². The fourth-order valence-corrected chi connectivity index (χ4v) is 3.99. The van der Waals surface area contributed by atoms with E-state index in [0.29, 0.717) is 10.9 Å². The van der Waals surface area contributed by atoms with Crippen LogP contribution in [0.3, 0.4) is 0 Å². The molecule has 2 aromatic rings. The molecule has 0 amide bonds. The van der Waals surface area contributed by atoms with Crippen molar-refractivity contribution in [3.8, 4) is 6.07 Å². The Kier molecular flexibility index (Phi) is 3.59. The number of nitriles is 1. The van der Waals surface area contributed by atoms with Crippen molar-refractivity contribution >= 4 is 20.9 Å². The summed E-state index contributed by atoms with van der Waals surface area (Å²) in [6.45, 7) is 0.521. The van der Waals surface area contributed by atoms with Gasteiger partial charge < -0.3 is 4.74 Å². The number of ether oxygens (including phenoxy) is 1. The average Bonchev–Trinajstić information content (AvgIpc) is 2.54. The summed E-state index contributed by atoms with van der Waals surface area (Å²) in [5, 5.41) is 9.49. The van der Waals surface area contributed by atoms with Crippen molar-refractivity contribution in [1.29, 1.82) is 5.26 Å². The molecular weight excluding hydrogens is 290 g/mol. The highest BCUT2D eigenvalue weighted by molar-refractivity contribution is 7.89. The molecule has 0 aliphatic carbocycles. The lowest BCUT2D eigenvalue weighted by Crippen LogP contribution is -2.45. The maximum atomic E-state index is 12.8. The summed E-state index contributed by atoms with van der Waals surface area (Å²) in [5.41, 5.74) is 0.628. The van der Waals surface area contributed by atoms with E-state index in [2.05, 4.69) is 4.98 Å². The lowest BCUT2D eigenvalue weighted by Gasteiger charge is -2.29. The molecule has 108 valence electrons. The molecule has 1 fully saturated rings. The van der Waals surface area contributed by atoms with Crippen molar-refractivity contribution in [1.82, 2.24) is 9.29 Å². The maximum Gasteiger partial charge on any atom is 0.243 e. The molecule has 1 aliphatic rings. The van der Waals surface area contributed by atoms with E-state index in [4.69, 9.17) is 10.00 Å². The molecule has 1 aliphatic heterocycles. The second-order valence-electron chi connectivity index (χ2n) is 4.68. The van der Waals surface area contributed by atoms with Crippen molar-refractivity contribution < 1.29 is 13.2 Å². The molecule has 3 rings (SSSR count). The molecule has 0 saturated carbocycles. The molecule has 1 atom stereocenters. The normalized spacial score (nSPS) is 20.2. The van der Waals surface area contributed by atoms with E-state index in [9.17, 15) is 8.42 Å². The van der Waals surface area contributed by atoms with E-state index in [-0.39, 0.29) is 24.6 Å². The highest BCUT2D eigenvalue weighted by Gasteiger charge is 2.31. The smallest absolute Gasteiger partial charge is 0.243 e. The number of hydrogen-bond acceptors (Lipinski definition) is 5. The first-order valence-electron chi connectivity index (χ1n) is 6.48. The van der Waals surface area contributed by atoms with E-state index in [0.717, 1.165) is 0 Å². The van der Waals surface area contributed by atoms with Crippen molar-refractivity contribution in [2.24, 2.45) is 0 Å². The molecule has 6 nitrogen and oxygen atoms in total. The summed E-state index contributed by atoms with van der Waals surface area (Å²) < 4.78 is 32.1. The molecule has 2 heterocycles. The van der Waals surface area contributed by atoms with Crippen LogP contribution in [0.1, 0.15) is 0 Å². The zero-order chi connectivity index (χ0) is 14.9. The summed E-state index contributed by atoms with van der Waals surface area (Å²) >= 11 is 0. The number of nitrogens with zero attached hydrogens (tertiary/aromatic N) is 3. The minimum Gasteiger partial charge on any atom is -0.361 e. The summed E-state index contributed by atoms with van der Waals surface area (Å²) in [4.78, 5) is 4.39. The summed E-state index contributed by atoms with van der Waals surface area (Å²) in [6.07, 6.45) is 0.903. The number of morpholine rings is 1. The van der Waals surface area contributed by atoms with E-state index < -0.39 is 16.1 Å². The van der Waals surface area contributed by atoms with E-state index in [1.165, 1.54) is 4.31 Å². The maximum absolute atomic E-state index is 12.8. The standard InChI is InChI=1S/C14H13N3O3S/c15-9-11-10-17(7-8-20-11)21(18,19)14-5-1-4-13-12(14)3-2-6-16-13/h1-6,11H,7-8,10H2. The van der Waals surface area contributed by atoms with Gasteiger partial charge in [-0.3, -0.25) is 4.98 Å². The van der Waals surface area contributed by atoms with Crippen LogP contribution in [0.15, 0.2) is 41.4 Å². The van der Waals surface area contributed by atoms with Crippen LogP contribution in [-0.2, 0) is 14.8 Å². The lowest BCUT2D eigenvalue weighted by atomic mass is 10.2. The molecule has 1 aromatic carbocycles. The van der Waals surface area contributed by atoms with Crippen LogP contribution in [0.4, 0.5) is 0 Å². The zero-order valence-corrected chi connectivity index (χ0v) is 12.0. The van der Waals surface area contributed by atoms with E-state index in [1.54, 1.807) is 36.5 Å². The Bertz CT molecular complexity index is 808. The topological polar surface area (TPSA) is 83.3 Å². The van der Waals surface area contributed by atoms with Crippen LogP contribution in [0.2, 0.25) is 0 Å². The number of rotatable bonds is 2. The monoisotopic (exact) mass is 303 g/mol. The third-order valence-electron chi connectivity index (χ3n) is 3.40. The van der Waals surface area contributed by atoms with E-state index >= 15 is 0 Å². The lowest BCUT2D eigenvalue weighted by molar-refractivity contribution is 0.0311. The molecular formula is C14H13N3O3S. The predicted molar refractivity (Wildman–Crippen MR) is 75.9 cm³/mol. The Morgan fingerprint density at radius 3 is 3.00 bits per heavy atom. The van der Waals surface area contributed by atoms with Crippen LogP contribution in [0, 0.1) is 11.3 Å². The van der Waals surface area contributed by atoms with Crippen LogP contribution < -0.4 is 0 Å². The molecule has 0 radical (unpaired) electrons. The van der Waals surface area contributed by atoms with Gasteiger partial charge in [0.2, 0.25) is 10.0 Å². The number of fused-ring (bicyclic) bond motifs is 1. The van der Waals surface area contributed by atoms with Gasteiger partial charge in [0.05, 0.1) is 29.6 Å². The first-order chi connectivity index (χ1) is 10.1. The first kappa shape index (κ1) is 13.9. The van der Waals surface area contributed by atoms with Gasteiger partial charge in [-0.25, -0.2) is 8.42 Å². The minimum absolute atomic E-state index is 0.0511. The van der Waals surface area contributed by atoms with Gasteiger partial charge in [-0.1, -0.05) is 6.07 Å². The highest BCUT2D eigenvalue weighted by Crippen LogP contribution is 2.25. The van der Waals surface area contributed by atoms with Gasteiger partial charge in [-0.05, 0) is 24.3 Å². The van der Waals surface area contributed by atoms with Crippen LogP contribution in [0.5, 0.6) is 0 Å². The fraction of sp³-hybridized carbons (Fsp3) is 0.286. The van der Waals surface area contributed by atoms with Gasteiger partial charge in [0.1, 0.15) is 0 Å². The Hall–Kier alpha value is -2.01. The summed E-state index contributed by atoms with van der Waals surface area (Å²) in [6, 6.07) is 10.4. The average molecular weight is 303 g/mol. The van der Waals surface area contributed by atoms with Gasteiger partial charge in [0, 0.05) is 18.1 Å². The van der Waals surface area contributed by atoms with Crippen LogP contribution >= 0.6 is 0 Å². The number of hydrogen-bond donors (Lipinski definition) is 0. The van der Waals surface area contributed by atoms with Crippen molar-refractivity contribution in [3.05, 3.63) is 36.5 Å². The molecule has 21 heavy (non-hydrogen) atoms. The Balaban J connectivity index is 2.07. The number of pyridine rings is 1. The largest absolute Gasteiger partial charge is 0.361 e. The summed E-state index contributed by atoms with van der Waals surface area (Å²) in [7, 11) is -3.67. The fourth-order valence-electron chi connectivity index (χ4n) is 2.36. The molecule has 7 heteroatoms. The van der Waals surface area contributed by atoms with Crippen molar-refractivity contribution in [2.45, 2.75) is 11.0 Å². The molecule has 1 unspecified atom stereocenters. The Morgan fingerprint density at radius 2 is 2.19 bits per heavy atom. The van der Waals surface area contributed by atoms with Crippen LogP contribution in [0.25, 0.3) is 10.9 Å². The molecule has 0 spiro atoms. The second kappa shape index (κ2) is 5.41. The number of benzene rings is 1. The predicted octanol–water partition coefficient (Wildman–Crippen LogP) is 1.15. The minimum atomic E-state index is -3.67. The van der Waals surface area contributed by atoms with Crippen LogP contribution in [-0.4, -0.2) is 43.5 Å². The SMILES string of the molecule is N#CC1CN(S(=O)(=O)c2cccc3ncccc23)CCO1. The number of sulfonamides is 1.